The number of ether oxygens (including phenoxy) is 1. The summed E-state index contributed by atoms with van der Waals surface area (Å²) in [6.07, 6.45) is 0. The monoisotopic (exact) mass is 386 g/mol. The molecule has 3 aromatic carbocycles. The Labute approximate surface area is 138 Å². The van der Waals surface area contributed by atoms with E-state index in [0.29, 0.717) is 0 Å². The van der Waals surface area contributed by atoms with E-state index in [0.717, 1.165) is 5.75 Å². The van der Waals surface area contributed by atoms with Gasteiger partial charge in [-0.1, -0.05) is 60.7 Å². The maximum Gasteiger partial charge on any atom is 0.118 e. The molecule has 0 N–H and O–H groups in total. The maximum absolute atomic E-state index is 5.23. The van der Waals surface area contributed by atoms with Crippen LogP contribution in [-0.2, 0) is 0 Å². The molecule has 0 heterocycles. The molecular weight excluding hydrogens is 371 g/mol. The Morgan fingerprint density at radius 1 is 0.667 bits per heavy atom. The topological polar surface area (TPSA) is 9.23 Å². The summed E-state index contributed by atoms with van der Waals surface area (Å²) < 4.78 is 6.50. The first-order valence-electron chi connectivity index (χ1n) is 6.78. The van der Waals surface area contributed by atoms with Gasteiger partial charge in [-0.3, -0.25) is 0 Å². The molecule has 21 heavy (non-hydrogen) atoms. The van der Waals surface area contributed by atoms with E-state index >= 15 is 0 Å². The summed E-state index contributed by atoms with van der Waals surface area (Å²) in [6, 6.07) is 25.1. The molecule has 2 heteroatoms. The predicted molar refractivity (Wildman–Crippen MR) is 96.6 cm³/mol. The van der Waals surface area contributed by atoms with Crippen molar-refractivity contribution in [3.8, 4) is 28.0 Å². The van der Waals surface area contributed by atoms with Gasteiger partial charge in [0.1, 0.15) is 5.75 Å². The zero-order valence-electron chi connectivity index (χ0n) is 11.7. The van der Waals surface area contributed by atoms with Crippen molar-refractivity contribution in [2.24, 2.45) is 0 Å². The van der Waals surface area contributed by atoms with Crippen LogP contribution in [0.1, 0.15) is 0 Å². The third-order valence-electron chi connectivity index (χ3n) is 3.48. The molecule has 0 unspecified atom stereocenters. The number of rotatable bonds is 3. The molecule has 0 amide bonds. The summed E-state index contributed by atoms with van der Waals surface area (Å²) in [6.45, 7) is 0. The standard InChI is InChI=1S/C19H15IO/c1-21-16-12-10-15(11-13-16)18-9-5-8-17(19(18)20)14-6-3-2-4-7-14/h2-13H,1H3. The Kier molecular flexibility index (Phi) is 4.25. The molecule has 104 valence electrons. The van der Waals surface area contributed by atoms with Crippen molar-refractivity contribution in [1.29, 1.82) is 0 Å². The first-order valence-corrected chi connectivity index (χ1v) is 7.86. The van der Waals surface area contributed by atoms with Gasteiger partial charge < -0.3 is 4.74 Å². The van der Waals surface area contributed by atoms with E-state index in [9.17, 15) is 0 Å². The van der Waals surface area contributed by atoms with Crippen LogP contribution in [0.15, 0.2) is 72.8 Å². The van der Waals surface area contributed by atoms with E-state index in [1.54, 1.807) is 7.11 Å². The molecule has 0 atom stereocenters. The van der Waals surface area contributed by atoms with Crippen molar-refractivity contribution in [2.75, 3.05) is 7.11 Å². The summed E-state index contributed by atoms with van der Waals surface area (Å²) in [7, 11) is 1.69. The molecule has 0 aliphatic heterocycles. The van der Waals surface area contributed by atoms with Crippen molar-refractivity contribution in [3.05, 3.63) is 76.4 Å². The molecule has 0 radical (unpaired) electrons. The Balaban J connectivity index is 2.08. The minimum atomic E-state index is 0.882. The molecule has 0 aliphatic rings. The van der Waals surface area contributed by atoms with Gasteiger partial charge in [0.15, 0.2) is 0 Å². The van der Waals surface area contributed by atoms with E-state index in [-0.39, 0.29) is 0 Å². The van der Waals surface area contributed by atoms with Crippen LogP contribution in [0, 0.1) is 3.57 Å². The number of benzene rings is 3. The lowest BCUT2D eigenvalue weighted by Gasteiger charge is -2.11. The SMILES string of the molecule is COc1ccc(-c2cccc(-c3ccccc3)c2I)cc1. The zero-order chi connectivity index (χ0) is 14.7. The molecule has 3 aromatic rings. The highest BCUT2D eigenvalue weighted by Crippen LogP contribution is 2.33. The summed E-state index contributed by atoms with van der Waals surface area (Å²) in [5, 5.41) is 0. The predicted octanol–water partition coefficient (Wildman–Crippen LogP) is 5.63. The highest BCUT2D eigenvalue weighted by atomic mass is 127. The first-order chi connectivity index (χ1) is 10.3. The summed E-state index contributed by atoms with van der Waals surface area (Å²) >= 11 is 2.43. The number of hydrogen-bond acceptors (Lipinski definition) is 1. The quantitative estimate of drug-likeness (QED) is 0.530. The fourth-order valence-corrected chi connectivity index (χ4v) is 3.35. The fraction of sp³-hybridized carbons (Fsp3) is 0.0526. The molecule has 0 saturated carbocycles. The minimum Gasteiger partial charge on any atom is -0.497 e. The molecule has 3 rings (SSSR count). The van der Waals surface area contributed by atoms with Gasteiger partial charge in [0.25, 0.3) is 0 Å². The second-order valence-corrected chi connectivity index (χ2v) is 5.84. The van der Waals surface area contributed by atoms with Crippen LogP contribution in [0.3, 0.4) is 0 Å². The number of hydrogen-bond donors (Lipinski definition) is 0. The highest BCUT2D eigenvalue weighted by Gasteiger charge is 2.09. The average Bonchev–Trinajstić information content (AvgIpc) is 2.56. The van der Waals surface area contributed by atoms with Crippen molar-refractivity contribution < 1.29 is 4.74 Å². The number of methoxy groups -OCH3 is 1. The van der Waals surface area contributed by atoms with Crippen LogP contribution in [0.25, 0.3) is 22.3 Å². The van der Waals surface area contributed by atoms with E-state index < -0.39 is 0 Å². The first kappa shape index (κ1) is 14.1. The van der Waals surface area contributed by atoms with Crippen LogP contribution < -0.4 is 4.74 Å². The second-order valence-electron chi connectivity index (χ2n) is 4.76. The zero-order valence-corrected chi connectivity index (χ0v) is 13.9. The van der Waals surface area contributed by atoms with Gasteiger partial charge in [-0.15, -0.1) is 0 Å². The molecule has 0 aliphatic carbocycles. The smallest absolute Gasteiger partial charge is 0.118 e. The van der Waals surface area contributed by atoms with Crippen molar-refractivity contribution in [1.82, 2.24) is 0 Å². The molecule has 0 aromatic heterocycles. The normalized spacial score (nSPS) is 10.4. The van der Waals surface area contributed by atoms with Gasteiger partial charge in [-0.2, -0.15) is 0 Å². The molecule has 0 saturated heterocycles. The van der Waals surface area contributed by atoms with E-state index in [1.165, 1.54) is 25.8 Å². The van der Waals surface area contributed by atoms with Gasteiger partial charge in [-0.25, -0.2) is 0 Å². The van der Waals surface area contributed by atoms with Crippen LogP contribution in [-0.4, -0.2) is 7.11 Å². The van der Waals surface area contributed by atoms with E-state index in [1.807, 2.05) is 18.2 Å². The average molecular weight is 386 g/mol. The van der Waals surface area contributed by atoms with Gasteiger partial charge in [0.05, 0.1) is 7.11 Å². The summed E-state index contributed by atoms with van der Waals surface area (Å²) in [4.78, 5) is 0. The minimum absolute atomic E-state index is 0.882. The summed E-state index contributed by atoms with van der Waals surface area (Å²) in [5.41, 5.74) is 4.97. The van der Waals surface area contributed by atoms with Crippen LogP contribution >= 0.6 is 22.6 Å². The molecule has 0 spiro atoms. The Hall–Kier alpha value is -1.81. The van der Waals surface area contributed by atoms with Crippen LogP contribution in [0.5, 0.6) is 5.75 Å². The maximum atomic E-state index is 5.23. The Morgan fingerprint density at radius 2 is 1.24 bits per heavy atom. The van der Waals surface area contributed by atoms with Crippen LogP contribution in [0.2, 0.25) is 0 Å². The lowest BCUT2D eigenvalue weighted by atomic mass is 9.99. The van der Waals surface area contributed by atoms with Gasteiger partial charge in [0.2, 0.25) is 0 Å². The van der Waals surface area contributed by atoms with Crippen molar-refractivity contribution in [2.45, 2.75) is 0 Å². The van der Waals surface area contributed by atoms with E-state index in [2.05, 4.69) is 77.2 Å². The Morgan fingerprint density at radius 3 is 1.81 bits per heavy atom. The molecular formula is C19H15IO. The van der Waals surface area contributed by atoms with Gasteiger partial charge in [0, 0.05) is 3.57 Å². The van der Waals surface area contributed by atoms with Gasteiger partial charge in [-0.05, 0) is 57.0 Å². The van der Waals surface area contributed by atoms with Crippen molar-refractivity contribution in [3.63, 3.8) is 0 Å². The molecule has 1 nitrogen and oxygen atoms in total. The largest absolute Gasteiger partial charge is 0.497 e. The third kappa shape index (κ3) is 2.95. The summed E-state index contributed by atoms with van der Waals surface area (Å²) in [5.74, 6) is 0.882. The highest BCUT2D eigenvalue weighted by molar-refractivity contribution is 14.1. The van der Waals surface area contributed by atoms with Crippen molar-refractivity contribution >= 4 is 22.6 Å². The number of halogens is 1. The molecule has 0 fully saturated rings. The second kappa shape index (κ2) is 6.31. The molecule has 0 bridgehead atoms. The fourth-order valence-electron chi connectivity index (χ4n) is 2.37. The van der Waals surface area contributed by atoms with Gasteiger partial charge >= 0.3 is 0 Å². The Bertz CT molecular complexity index is 733. The van der Waals surface area contributed by atoms with E-state index in [4.69, 9.17) is 4.74 Å². The lowest BCUT2D eigenvalue weighted by molar-refractivity contribution is 0.415. The third-order valence-corrected chi connectivity index (χ3v) is 4.65. The van der Waals surface area contributed by atoms with Crippen LogP contribution in [0.4, 0.5) is 0 Å². The lowest BCUT2D eigenvalue weighted by Crippen LogP contribution is -1.88.